The number of hydrogen-bond donors (Lipinski definition) is 0. The van der Waals surface area contributed by atoms with Crippen molar-refractivity contribution < 1.29 is 14.3 Å². The van der Waals surface area contributed by atoms with Crippen LogP contribution >= 0.6 is 0 Å². The number of rotatable bonds is 11. The number of nitrogens with zero attached hydrogens (tertiary/aromatic N) is 2. The summed E-state index contributed by atoms with van der Waals surface area (Å²) in [6.45, 7) is 14.5. The Morgan fingerprint density at radius 2 is 1.65 bits per heavy atom. The standard InChI is InChI=1S/C21H34N2O3/c1-6-22(7-2)13-9-14-23(15-12-20(24)26-8-3)21(25)19-11-10-17(4)18(5)16-19/h10-11,16H,6-9,12-15H2,1-5H3. The van der Waals surface area contributed by atoms with Crippen LogP contribution in [-0.2, 0) is 9.53 Å². The zero-order valence-electron chi connectivity index (χ0n) is 17.0. The molecule has 0 fully saturated rings. The maximum atomic E-state index is 13.0. The minimum Gasteiger partial charge on any atom is -0.466 e. The molecule has 0 spiro atoms. The predicted molar refractivity (Wildman–Crippen MR) is 105 cm³/mol. The molecule has 1 rings (SSSR count). The Morgan fingerprint density at radius 1 is 0.962 bits per heavy atom. The molecule has 0 aromatic heterocycles. The van der Waals surface area contributed by atoms with Gasteiger partial charge >= 0.3 is 5.97 Å². The van der Waals surface area contributed by atoms with Gasteiger partial charge in [0.2, 0.25) is 0 Å². The lowest BCUT2D eigenvalue weighted by molar-refractivity contribution is -0.143. The van der Waals surface area contributed by atoms with Gasteiger partial charge in [-0.25, -0.2) is 0 Å². The van der Waals surface area contributed by atoms with Crippen molar-refractivity contribution in [2.24, 2.45) is 0 Å². The molecule has 0 N–H and O–H groups in total. The molecule has 0 bridgehead atoms. The molecule has 5 nitrogen and oxygen atoms in total. The summed E-state index contributed by atoms with van der Waals surface area (Å²) in [5.41, 5.74) is 2.95. The lowest BCUT2D eigenvalue weighted by Gasteiger charge is -2.25. The third-order valence-electron chi connectivity index (χ3n) is 4.73. The Hall–Kier alpha value is -1.88. The van der Waals surface area contributed by atoms with Crippen LogP contribution in [-0.4, -0.2) is 61.0 Å². The molecule has 26 heavy (non-hydrogen) atoms. The second kappa shape index (κ2) is 11.7. The van der Waals surface area contributed by atoms with Gasteiger partial charge in [0.1, 0.15) is 0 Å². The topological polar surface area (TPSA) is 49.9 Å². The average molecular weight is 363 g/mol. The average Bonchev–Trinajstić information content (AvgIpc) is 2.63. The van der Waals surface area contributed by atoms with E-state index in [1.165, 1.54) is 5.56 Å². The molecule has 0 aliphatic rings. The van der Waals surface area contributed by atoms with Gasteiger partial charge in [0.15, 0.2) is 0 Å². The third kappa shape index (κ3) is 7.16. The Labute approximate surface area is 158 Å². The fourth-order valence-electron chi connectivity index (χ4n) is 2.86. The summed E-state index contributed by atoms with van der Waals surface area (Å²) in [6.07, 6.45) is 1.12. The van der Waals surface area contributed by atoms with Gasteiger partial charge in [0.05, 0.1) is 13.0 Å². The van der Waals surface area contributed by atoms with E-state index < -0.39 is 0 Å². The van der Waals surface area contributed by atoms with Crippen molar-refractivity contribution in [1.82, 2.24) is 9.80 Å². The highest BCUT2D eigenvalue weighted by Gasteiger charge is 2.18. The largest absolute Gasteiger partial charge is 0.466 e. The molecule has 5 heteroatoms. The number of amides is 1. The number of carbonyl (C=O) groups is 2. The van der Waals surface area contributed by atoms with Crippen LogP contribution in [0, 0.1) is 13.8 Å². The predicted octanol–water partition coefficient (Wildman–Crippen LogP) is 3.43. The minimum atomic E-state index is -0.255. The van der Waals surface area contributed by atoms with Crippen LogP contribution in [0.3, 0.4) is 0 Å². The molecule has 0 heterocycles. The molecule has 146 valence electrons. The number of aryl methyl sites for hydroxylation is 2. The summed E-state index contributed by atoms with van der Waals surface area (Å²) in [7, 11) is 0. The van der Waals surface area contributed by atoms with Crippen LogP contribution in [0.15, 0.2) is 18.2 Å². The highest BCUT2D eigenvalue weighted by Crippen LogP contribution is 2.13. The van der Waals surface area contributed by atoms with Gasteiger partial charge in [-0.05, 0) is 70.1 Å². The molecular formula is C21H34N2O3. The van der Waals surface area contributed by atoms with Crippen molar-refractivity contribution in [3.63, 3.8) is 0 Å². The van der Waals surface area contributed by atoms with Gasteiger partial charge in [-0.1, -0.05) is 19.9 Å². The Bertz CT molecular complexity index is 583. The Kier molecular flexibility index (Phi) is 9.96. The zero-order valence-corrected chi connectivity index (χ0v) is 17.0. The first-order valence-corrected chi connectivity index (χ1v) is 9.67. The van der Waals surface area contributed by atoms with E-state index in [2.05, 4.69) is 18.7 Å². The van der Waals surface area contributed by atoms with E-state index in [-0.39, 0.29) is 18.3 Å². The molecule has 0 saturated heterocycles. The van der Waals surface area contributed by atoms with E-state index in [0.29, 0.717) is 25.3 Å². The number of esters is 1. The van der Waals surface area contributed by atoms with Crippen LogP contribution in [0.5, 0.6) is 0 Å². The number of hydrogen-bond acceptors (Lipinski definition) is 4. The summed E-state index contributed by atoms with van der Waals surface area (Å²) in [5.74, 6) is -0.272. The molecule has 0 atom stereocenters. The van der Waals surface area contributed by atoms with Gasteiger partial charge in [0, 0.05) is 18.7 Å². The van der Waals surface area contributed by atoms with Gasteiger partial charge in [0.25, 0.3) is 5.91 Å². The van der Waals surface area contributed by atoms with Gasteiger partial charge in [-0.2, -0.15) is 0 Å². The normalized spacial score (nSPS) is 10.8. The molecule has 1 aromatic carbocycles. The fourth-order valence-corrected chi connectivity index (χ4v) is 2.86. The maximum absolute atomic E-state index is 13.0. The molecule has 0 aliphatic carbocycles. The molecule has 0 unspecified atom stereocenters. The highest BCUT2D eigenvalue weighted by molar-refractivity contribution is 5.94. The molecule has 0 saturated carbocycles. The fraction of sp³-hybridized carbons (Fsp3) is 0.619. The summed E-state index contributed by atoms with van der Waals surface area (Å²) in [5, 5.41) is 0. The monoisotopic (exact) mass is 362 g/mol. The number of ether oxygens (including phenoxy) is 1. The zero-order chi connectivity index (χ0) is 19.5. The lowest BCUT2D eigenvalue weighted by atomic mass is 10.1. The van der Waals surface area contributed by atoms with Crippen molar-refractivity contribution in [2.75, 3.05) is 39.3 Å². The third-order valence-corrected chi connectivity index (χ3v) is 4.73. The van der Waals surface area contributed by atoms with E-state index >= 15 is 0 Å². The van der Waals surface area contributed by atoms with Crippen molar-refractivity contribution in [1.29, 1.82) is 0 Å². The van der Waals surface area contributed by atoms with Crippen molar-refractivity contribution in [3.05, 3.63) is 34.9 Å². The summed E-state index contributed by atoms with van der Waals surface area (Å²) in [6, 6.07) is 5.77. The summed E-state index contributed by atoms with van der Waals surface area (Å²) < 4.78 is 5.00. The van der Waals surface area contributed by atoms with Crippen LogP contribution in [0.2, 0.25) is 0 Å². The Balaban J connectivity index is 2.78. The minimum absolute atomic E-state index is 0.0167. The summed E-state index contributed by atoms with van der Waals surface area (Å²) >= 11 is 0. The highest BCUT2D eigenvalue weighted by atomic mass is 16.5. The van der Waals surface area contributed by atoms with E-state index in [1.54, 1.807) is 11.8 Å². The second-order valence-electron chi connectivity index (χ2n) is 6.53. The van der Waals surface area contributed by atoms with Crippen molar-refractivity contribution in [3.8, 4) is 0 Å². The van der Waals surface area contributed by atoms with E-state index in [1.807, 2.05) is 32.0 Å². The van der Waals surface area contributed by atoms with Crippen LogP contribution < -0.4 is 0 Å². The first kappa shape index (κ1) is 22.2. The van der Waals surface area contributed by atoms with Crippen molar-refractivity contribution in [2.45, 2.75) is 47.5 Å². The summed E-state index contributed by atoms with van der Waals surface area (Å²) in [4.78, 5) is 28.8. The first-order valence-electron chi connectivity index (χ1n) is 9.67. The van der Waals surface area contributed by atoms with E-state index in [4.69, 9.17) is 4.74 Å². The maximum Gasteiger partial charge on any atom is 0.307 e. The number of benzene rings is 1. The molecule has 0 radical (unpaired) electrons. The Morgan fingerprint density at radius 3 is 2.23 bits per heavy atom. The van der Waals surface area contributed by atoms with Crippen LogP contribution in [0.4, 0.5) is 0 Å². The quantitative estimate of drug-likeness (QED) is 0.566. The SMILES string of the molecule is CCOC(=O)CCN(CCCN(CC)CC)C(=O)c1ccc(C)c(C)c1. The van der Waals surface area contributed by atoms with E-state index in [0.717, 1.165) is 31.6 Å². The van der Waals surface area contributed by atoms with Crippen molar-refractivity contribution >= 4 is 11.9 Å². The molecule has 1 amide bonds. The molecular weight excluding hydrogens is 328 g/mol. The molecule has 1 aromatic rings. The smallest absolute Gasteiger partial charge is 0.307 e. The van der Waals surface area contributed by atoms with Gasteiger partial charge in [-0.3, -0.25) is 9.59 Å². The lowest BCUT2D eigenvalue weighted by Crippen LogP contribution is -2.36. The van der Waals surface area contributed by atoms with Gasteiger partial charge < -0.3 is 14.5 Å². The molecule has 0 aliphatic heterocycles. The van der Waals surface area contributed by atoms with Gasteiger partial charge in [-0.15, -0.1) is 0 Å². The number of carbonyl (C=O) groups excluding carboxylic acids is 2. The van der Waals surface area contributed by atoms with Crippen LogP contribution in [0.25, 0.3) is 0 Å². The van der Waals surface area contributed by atoms with E-state index in [9.17, 15) is 9.59 Å². The van der Waals surface area contributed by atoms with Crippen LogP contribution in [0.1, 0.15) is 55.1 Å². The second-order valence-corrected chi connectivity index (χ2v) is 6.53. The first-order chi connectivity index (χ1) is 12.4.